The number of hydrogen-bond donors (Lipinski definition) is 2. The molecule has 140 valence electrons. The number of aliphatic hydroxyl groups is 1. The van der Waals surface area contributed by atoms with Gasteiger partial charge in [0.15, 0.2) is 17.2 Å². The summed E-state index contributed by atoms with van der Waals surface area (Å²) in [7, 11) is 0. The first-order valence-corrected chi connectivity index (χ1v) is 9.07. The van der Waals surface area contributed by atoms with E-state index in [2.05, 4.69) is 26.8 Å². The van der Waals surface area contributed by atoms with Crippen LogP contribution in [0.2, 0.25) is 0 Å². The number of nitrogens with two attached hydrogens (primary N) is 1. The van der Waals surface area contributed by atoms with E-state index in [1.165, 1.54) is 6.33 Å². The SMILES string of the molecule is CC1(C)CCC(O)(C#Cc2cccc(-c3ccc4ncnc(N)c4n3)c2)C1=O. The molecule has 1 aromatic carbocycles. The normalized spacial score (nSPS) is 20.8. The average molecular weight is 372 g/mol. The quantitative estimate of drug-likeness (QED) is 0.637. The molecule has 1 unspecified atom stereocenters. The second-order valence-corrected chi connectivity index (χ2v) is 7.73. The Balaban J connectivity index is 1.69. The van der Waals surface area contributed by atoms with Gasteiger partial charge in [-0.3, -0.25) is 4.79 Å². The summed E-state index contributed by atoms with van der Waals surface area (Å²) >= 11 is 0. The zero-order valence-corrected chi connectivity index (χ0v) is 15.7. The number of hydrogen-bond acceptors (Lipinski definition) is 6. The largest absolute Gasteiger partial charge is 0.382 e. The fourth-order valence-electron chi connectivity index (χ4n) is 3.45. The highest BCUT2D eigenvalue weighted by Crippen LogP contribution is 2.39. The fourth-order valence-corrected chi connectivity index (χ4v) is 3.45. The van der Waals surface area contributed by atoms with Gasteiger partial charge in [-0.1, -0.05) is 37.8 Å². The van der Waals surface area contributed by atoms with Gasteiger partial charge in [-0.05, 0) is 37.1 Å². The lowest BCUT2D eigenvalue weighted by Gasteiger charge is -2.18. The Morgan fingerprint density at radius 1 is 1.14 bits per heavy atom. The van der Waals surface area contributed by atoms with E-state index < -0.39 is 11.0 Å². The van der Waals surface area contributed by atoms with E-state index in [0.29, 0.717) is 35.3 Å². The van der Waals surface area contributed by atoms with Crippen LogP contribution < -0.4 is 5.73 Å². The van der Waals surface area contributed by atoms with Crippen LogP contribution in [0.25, 0.3) is 22.3 Å². The number of anilines is 1. The van der Waals surface area contributed by atoms with Crippen LogP contribution in [0.3, 0.4) is 0 Å². The average Bonchev–Trinajstić information content (AvgIpc) is 2.90. The predicted molar refractivity (Wildman–Crippen MR) is 107 cm³/mol. The van der Waals surface area contributed by atoms with Crippen molar-refractivity contribution in [2.45, 2.75) is 32.3 Å². The molecule has 3 aromatic rings. The molecule has 1 aliphatic carbocycles. The molecule has 0 bridgehead atoms. The Hall–Kier alpha value is -3.30. The van der Waals surface area contributed by atoms with Crippen LogP contribution >= 0.6 is 0 Å². The van der Waals surface area contributed by atoms with Gasteiger partial charge >= 0.3 is 0 Å². The minimum atomic E-state index is -1.58. The van der Waals surface area contributed by atoms with Crippen LogP contribution in [0.4, 0.5) is 5.82 Å². The van der Waals surface area contributed by atoms with Gasteiger partial charge in [0.2, 0.25) is 0 Å². The molecule has 3 N–H and O–H groups in total. The number of aromatic nitrogens is 3. The molecule has 1 atom stereocenters. The highest BCUT2D eigenvalue weighted by molar-refractivity contribution is 5.97. The smallest absolute Gasteiger partial charge is 0.185 e. The Bertz CT molecular complexity index is 1160. The van der Waals surface area contributed by atoms with E-state index in [1.807, 2.05) is 50.2 Å². The van der Waals surface area contributed by atoms with Crippen molar-refractivity contribution in [3.63, 3.8) is 0 Å². The Labute approximate surface area is 162 Å². The Kier molecular flexibility index (Phi) is 4.13. The van der Waals surface area contributed by atoms with Crippen molar-refractivity contribution in [3.8, 4) is 23.1 Å². The molecule has 2 heterocycles. The number of fused-ring (bicyclic) bond motifs is 1. The van der Waals surface area contributed by atoms with E-state index >= 15 is 0 Å². The van der Waals surface area contributed by atoms with Gasteiger partial charge in [0.1, 0.15) is 11.8 Å². The van der Waals surface area contributed by atoms with E-state index in [1.54, 1.807) is 0 Å². The van der Waals surface area contributed by atoms with Crippen molar-refractivity contribution in [3.05, 3.63) is 48.3 Å². The fraction of sp³-hybridized carbons (Fsp3) is 0.273. The van der Waals surface area contributed by atoms with Crippen molar-refractivity contribution in [2.24, 2.45) is 5.41 Å². The van der Waals surface area contributed by atoms with Gasteiger partial charge in [-0.15, -0.1) is 0 Å². The van der Waals surface area contributed by atoms with Gasteiger partial charge in [0.05, 0.1) is 11.2 Å². The first-order valence-electron chi connectivity index (χ1n) is 9.07. The van der Waals surface area contributed by atoms with E-state index in [-0.39, 0.29) is 5.78 Å². The van der Waals surface area contributed by atoms with Crippen LogP contribution in [-0.4, -0.2) is 31.4 Å². The molecule has 6 nitrogen and oxygen atoms in total. The maximum atomic E-state index is 12.4. The van der Waals surface area contributed by atoms with Crippen molar-refractivity contribution < 1.29 is 9.90 Å². The van der Waals surface area contributed by atoms with Gasteiger partial charge in [0.25, 0.3) is 0 Å². The Morgan fingerprint density at radius 2 is 1.96 bits per heavy atom. The van der Waals surface area contributed by atoms with Crippen LogP contribution in [0.5, 0.6) is 0 Å². The van der Waals surface area contributed by atoms with Gasteiger partial charge in [-0.25, -0.2) is 15.0 Å². The monoisotopic (exact) mass is 372 g/mol. The molecular formula is C22H20N4O2. The van der Waals surface area contributed by atoms with E-state index in [0.717, 1.165) is 11.3 Å². The van der Waals surface area contributed by atoms with Gasteiger partial charge in [0, 0.05) is 16.5 Å². The number of ketones is 1. The molecule has 6 heteroatoms. The second-order valence-electron chi connectivity index (χ2n) is 7.73. The number of carbonyl (C=O) groups is 1. The number of pyridine rings is 1. The minimum Gasteiger partial charge on any atom is -0.382 e. The zero-order valence-electron chi connectivity index (χ0n) is 15.7. The lowest BCUT2D eigenvalue weighted by molar-refractivity contribution is -0.135. The summed E-state index contributed by atoms with van der Waals surface area (Å²) < 4.78 is 0. The molecule has 0 amide bonds. The van der Waals surface area contributed by atoms with Crippen molar-refractivity contribution >= 4 is 22.6 Å². The molecule has 1 aliphatic rings. The number of rotatable bonds is 1. The molecule has 0 spiro atoms. The lowest BCUT2D eigenvalue weighted by atomic mass is 9.87. The molecule has 4 rings (SSSR count). The molecule has 28 heavy (non-hydrogen) atoms. The number of carbonyl (C=O) groups excluding carboxylic acids is 1. The number of benzene rings is 1. The number of nitrogen functional groups attached to an aromatic ring is 1. The zero-order chi connectivity index (χ0) is 19.9. The first kappa shape index (κ1) is 18.1. The molecule has 1 saturated carbocycles. The van der Waals surface area contributed by atoms with Crippen molar-refractivity contribution in [1.29, 1.82) is 0 Å². The lowest BCUT2D eigenvalue weighted by Crippen LogP contribution is -2.37. The topological polar surface area (TPSA) is 102 Å². The van der Waals surface area contributed by atoms with E-state index in [9.17, 15) is 9.90 Å². The predicted octanol–water partition coefficient (Wildman–Crippen LogP) is 2.75. The maximum absolute atomic E-state index is 12.4. The number of Topliss-reactive ketones (excluding diaryl/α,β-unsaturated/α-hetero) is 1. The summed E-state index contributed by atoms with van der Waals surface area (Å²) in [5.74, 6) is 5.86. The summed E-state index contributed by atoms with van der Waals surface area (Å²) in [4.78, 5) is 25.1. The standard InChI is InChI=1S/C22H20N4O2/c1-21(2)10-11-22(28,20(21)27)9-8-14-4-3-5-15(12-14)16-6-7-17-18(26-16)19(23)25-13-24-17/h3-7,12-13,28H,10-11H2,1-2H3,(H2,23,24,25). The third-order valence-corrected chi connectivity index (χ3v) is 5.18. The summed E-state index contributed by atoms with van der Waals surface area (Å²) in [6.45, 7) is 3.69. The third-order valence-electron chi connectivity index (χ3n) is 5.18. The molecular weight excluding hydrogens is 352 g/mol. The molecule has 1 fully saturated rings. The van der Waals surface area contributed by atoms with Crippen LogP contribution in [0, 0.1) is 17.3 Å². The van der Waals surface area contributed by atoms with Crippen molar-refractivity contribution in [1.82, 2.24) is 15.0 Å². The van der Waals surface area contributed by atoms with Crippen LogP contribution in [0.15, 0.2) is 42.7 Å². The van der Waals surface area contributed by atoms with Gasteiger partial charge < -0.3 is 10.8 Å². The minimum absolute atomic E-state index is 0.213. The van der Waals surface area contributed by atoms with Gasteiger partial charge in [-0.2, -0.15) is 0 Å². The summed E-state index contributed by atoms with van der Waals surface area (Å²) in [5, 5.41) is 10.6. The molecule has 2 aromatic heterocycles. The number of nitrogens with zero attached hydrogens (tertiary/aromatic N) is 3. The van der Waals surface area contributed by atoms with Crippen LogP contribution in [0.1, 0.15) is 32.3 Å². The first-order chi connectivity index (χ1) is 13.3. The molecule has 0 radical (unpaired) electrons. The molecule has 0 aliphatic heterocycles. The summed E-state index contributed by atoms with van der Waals surface area (Å²) in [6.07, 6.45) is 2.39. The maximum Gasteiger partial charge on any atom is 0.185 e. The summed E-state index contributed by atoms with van der Waals surface area (Å²) in [6, 6.07) is 11.2. The van der Waals surface area contributed by atoms with Crippen molar-refractivity contribution in [2.75, 3.05) is 5.73 Å². The second kappa shape index (κ2) is 6.39. The third kappa shape index (κ3) is 3.10. The van der Waals surface area contributed by atoms with E-state index in [4.69, 9.17) is 5.73 Å². The molecule has 0 saturated heterocycles. The summed E-state index contributed by atoms with van der Waals surface area (Å²) in [5.41, 5.74) is 7.27. The Morgan fingerprint density at radius 3 is 2.71 bits per heavy atom. The highest BCUT2D eigenvalue weighted by atomic mass is 16.3. The highest BCUT2D eigenvalue weighted by Gasteiger charge is 2.50. The van der Waals surface area contributed by atoms with Crippen LogP contribution in [-0.2, 0) is 4.79 Å².